The van der Waals surface area contributed by atoms with E-state index >= 15 is 0 Å². The highest BCUT2D eigenvalue weighted by Gasteiger charge is 2.26. The molecule has 2 nitrogen and oxygen atoms in total. The van der Waals surface area contributed by atoms with Gasteiger partial charge in [0.2, 0.25) is 0 Å². The Bertz CT molecular complexity index is 632. The van der Waals surface area contributed by atoms with Crippen LogP contribution < -0.4 is 0 Å². The molecule has 1 aromatic heterocycles. The fourth-order valence-corrected chi connectivity index (χ4v) is 4.56. The zero-order valence-corrected chi connectivity index (χ0v) is 14.2. The van der Waals surface area contributed by atoms with Crippen LogP contribution in [0.5, 0.6) is 0 Å². The molecule has 2 heterocycles. The van der Waals surface area contributed by atoms with E-state index in [2.05, 4.69) is 36.1 Å². The van der Waals surface area contributed by atoms with Crippen LogP contribution in [0.2, 0.25) is 0 Å². The highest BCUT2D eigenvalue weighted by atomic mass is 32.2. The maximum absolute atomic E-state index is 11.4. The van der Waals surface area contributed by atoms with E-state index in [0.29, 0.717) is 6.04 Å². The summed E-state index contributed by atoms with van der Waals surface area (Å²) in [5.41, 5.74) is 1.31. The average Bonchev–Trinajstić information content (AvgIpc) is 3.08. The predicted octanol–water partition coefficient (Wildman–Crippen LogP) is 4.13. The lowest BCUT2D eigenvalue weighted by Crippen LogP contribution is -2.22. The molecule has 0 amide bonds. The minimum Gasteiger partial charge on any atom is -0.291 e. The maximum Gasteiger partial charge on any atom is 0.0498 e. The summed E-state index contributed by atoms with van der Waals surface area (Å²) in [5, 5.41) is 0. The molecule has 0 N–H and O–H groups in total. The van der Waals surface area contributed by atoms with E-state index in [1.165, 1.54) is 34.7 Å². The van der Waals surface area contributed by atoms with Crippen LogP contribution in [0.4, 0.5) is 0 Å². The summed E-state index contributed by atoms with van der Waals surface area (Å²) in [6.07, 6.45) is 4.26. The zero-order valence-electron chi connectivity index (χ0n) is 12.5. The summed E-state index contributed by atoms with van der Waals surface area (Å²) in [5.74, 6) is 0. The van der Waals surface area contributed by atoms with Crippen molar-refractivity contribution >= 4 is 22.1 Å². The van der Waals surface area contributed by atoms with Gasteiger partial charge in [-0.25, -0.2) is 0 Å². The molecule has 1 saturated heterocycles. The van der Waals surface area contributed by atoms with Crippen molar-refractivity contribution in [2.24, 2.45) is 0 Å². The van der Waals surface area contributed by atoms with Gasteiger partial charge < -0.3 is 0 Å². The van der Waals surface area contributed by atoms with Crippen molar-refractivity contribution in [2.75, 3.05) is 12.8 Å². The molecule has 1 aliphatic heterocycles. The van der Waals surface area contributed by atoms with E-state index in [9.17, 15) is 4.21 Å². The van der Waals surface area contributed by atoms with Gasteiger partial charge in [0.15, 0.2) is 0 Å². The molecule has 3 rings (SSSR count). The first-order valence-corrected chi connectivity index (χ1v) is 9.74. The van der Waals surface area contributed by atoms with Crippen LogP contribution in [-0.4, -0.2) is 21.9 Å². The molecule has 0 radical (unpaired) electrons. The Labute approximate surface area is 133 Å². The number of thiophene rings is 1. The Morgan fingerprint density at radius 2 is 2.00 bits per heavy atom. The van der Waals surface area contributed by atoms with Crippen LogP contribution in [0.15, 0.2) is 41.3 Å². The molecule has 0 spiro atoms. The molecule has 0 aliphatic carbocycles. The molecule has 4 heteroatoms. The monoisotopic (exact) mass is 319 g/mol. The van der Waals surface area contributed by atoms with Crippen LogP contribution in [0.1, 0.15) is 34.2 Å². The number of benzene rings is 1. The number of hydrogen-bond donors (Lipinski definition) is 0. The van der Waals surface area contributed by atoms with Crippen molar-refractivity contribution in [3.63, 3.8) is 0 Å². The average molecular weight is 319 g/mol. The number of hydrogen-bond acceptors (Lipinski definition) is 3. The van der Waals surface area contributed by atoms with Crippen molar-refractivity contribution in [1.82, 2.24) is 4.90 Å². The smallest absolute Gasteiger partial charge is 0.0498 e. The summed E-state index contributed by atoms with van der Waals surface area (Å²) >= 11 is 1.92. The second-order valence-corrected chi connectivity index (χ2v) is 8.37. The number of nitrogens with zero attached hydrogens (tertiary/aromatic N) is 1. The molecule has 0 bridgehead atoms. The molecule has 1 aromatic carbocycles. The van der Waals surface area contributed by atoms with Gasteiger partial charge in [-0.15, -0.1) is 11.3 Å². The zero-order chi connectivity index (χ0) is 14.8. The Hall–Kier alpha value is -0.970. The minimum absolute atomic E-state index is 0.573. The topological polar surface area (TPSA) is 20.3 Å². The highest BCUT2D eigenvalue weighted by Crippen LogP contribution is 2.36. The van der Waals surface area contributed by atoms with Gasteiger partial charge in [0.05, 0.1) is 0 Å². The fourth-order valence-electron chi connectivity index (χ4n) is 2.99. The maximum atomic E-state index is 11.4. The van der Waals surface area contributed by atoms with Gasteiger partial charge in [0.1, 0.15) is 0 Å². The number of likely N-dealkylation sites (tertiary alicyclic amines) is 1. The second kappa shape index (κ2) is 6.42. The third-order valence-electron chi connectivity index (χ3n) is 4.09. The van der Waals surface area contributed by atoms with Gasteiger partial charge in [-0.05, 0) is 56.1 Å². The van der Waals surface area contributed by atoms with Crippen LogP contribution in [-0.2, 0) is 17.3 Å². The van der Waals surface area contributed by atoms with Gasteiger partial charge in [0.25, 0.3) is 0 Å². The standard InChI is InChI=1S/C17H21NOS2/c1-13-5-10-17(20-13)16-4-3-11-18(16)12-14-6-8-15(9-7-14)21(2)19/h5-10,16H,3-4,11-12H2,1-2H3/t16-,21-/m0/s1. The van der Waals surface area contributed by atoms with Crippen LogP contribution in [0.3, 0.4) is 0 Å². The molecule has 1 fully saturated rings. The lowest BCUT2D eigenvalue weighted by molar-refractivity contribution is 0.251. The van der Waals surface area contributed by atoms with Crippen molar-refractivity contribution in [2.45, 2.75) is 37.2 Å². The van der Waals surface area contributed by atoms with E-state index in [4.69, 9.17) is 0 Å². The van der Waals surface area contributed by atoms with Crippen molar-refractivity contribution in [3.8, 4) is 0 Å². The molecule has 2 atom stereocenters. The molecule has 21 heavy (non-hydrogen) atoms. The summed E-state index contributed by atoms with van der Waals surface area (Å²) < 4.78 is 11.4. The quantitative estimate of drug-likeness (QED) is 0.844. The first-order valence-electron chi connectivity index (χ1n) is 7.36. The van der Waals surface area contributed by atoms with Gasteiger partial charge in [0, 0.05) is 44.3 Å². The molecule has 112 valence electrons. The fraction of sp³-hybridized carbons (Fsp3) is 0.412. The van der Waals surface area contributed by atoms with E-state index < -0.39 is 10.8 Å². The molecular weight excluding hydrogens is 298 g/mol. The first kappa shape index (κ1) is 14.9. The largest absolute Gasteiger partial charge is 0.291 e. The highest BCUT2D eigenvalue weighted by molar-refractivity contribution is 7.84. The van der Waals surface area contributed by atoms with Crippen molar-refractivity contribution in [1.29, 1.82) is 0 Å². The van der Waals surface area contributed by atoms with E-state index in [1.807, 2.05) is 23.5 Å². The molecule has 2 aromatic rings. The Morgan fingerprint density at radius 3 is 2.62 bits per heavy atom. The van der Waals surface area contributed by atoms with Gasteiger partial charge in [-0.2, -0.15) is 0 Å². The van der Waals surface area contributed by atoms with E-state index in [1.54, 1.807) is 6.26 Å². The van der Waals surface area contributed by atoms with Crippen LogP contribution >= 0.6 is 11.3 Å². The van der Waals surface area contributed by atoms with Gasteiger partial charge in [-0.1, -0.05) is 12.1 Å². The lowest BCUT2D eigenvalue weighted by Gasteiger charge is -2.23. The molecule has 1 aliphatic rings. The number of rotatable bonds is 4. The van der Waals surface area contributed by atoms with Gasteiger partial charge >= 0.3 is 0 Å². The Balaban J connectivity index is 1.72. The Morgan fingerprint density at radius 1 is 1.24 bits per heavy atom. The summed E-state index contributed by atoms with van der Waals surface area (Å²) in [4.78, 5) is 6.37. The molecule has 0 unspecified atom stereocenters. The third kappa shape index (κ3) is 3.44. The Kier molecular flexibility index (Phi) is 4.57. The number of aryl methyl sites for hydroxylation is 1. The van der Waals surface area contributed by atoms with Crippen LogP contribution in [0, 0.1) is 6.92 Å². The summed E-state index contributed by atoms with van der Waals surface area (Å²) in [6.45, 7) is 4.33. The summed E-state index contributed by atoms with van der Waals surface area (Å²) in [7, 11) is -0.887. The SMILES string of the molecule is Cc1ccc([C@@H]2CCCN2Cc2ccc([S@](C)=O)cc2)s1. The second-order valence-electron chi connectivity index (χ2n) is 5.67. The van der Waals surface area contributed by atoms with Crippen LogP contribution in [0.25, 0.3) is 0 Å². The van der Waals surface area contributed by atoms with E-state index in [-0.39, 0.29) is 0 Å². The summed E-state index contributed by atoms with van der Waals surface area (Å²) in [6, 6.07) is 13.3. The third-order valence-corrected chi connectivity index (χ3v) is 6.13. The predicted molar refractivity (Wildman–Crippen MR) is 90.2 cm³/mol. The normalized spacial score (nSPS) is 20.8. The molecular formula is C17H21NOS2. The van der Waals surface area contributed by atoms with Crippen molar-refractivity contribution in [3.05, 3.63) is 51.7 Å². The van der Waals surface area contributed by atoms with Crippen molar-refractivity contribution < 1.29 is 4.21 Å². The molecule has 0 saturated carbocycles. The lowest BCUT2D eigenvalue weighted by atomic mass is 10.1. The van der Waals surface area contributed by atoms with E-state index in [0.717, 1.165) is 11.4 Å². The van der Waals surface area contributed by atoms with Gasteiger partial charge in [-0.3, -0.25) is 9.11 Å². The minimum atomic E-state index is -0.887. The first-order chi connectivity index (χ1) is 10.1.